The normalized spacial score (nSPS) is 15.7. The van der Waals surface area contributed by atoms with Crippen LogP contribution in [0.5, 0.6) is 0 Å². The van der Waals surface area contributed by atoms with E-state index in [9.17, 15) is 9.59 Å². The number of benzene rings is 2. The Labute approximate surface area is 167 Å². The van der Waals surface area contributed by atoms with Crippen molar-refractivity contribution >= 4 is 11.8 Å². The maximum absolute atomic E-state index is 13.4. The third-order valence-electron chi connectivity index (χ3n) is 5.80. The second kappa shape index (κ2) is 8.42. The summed E-state index contributed by atoms with van der Waals surface area (Å²) >= 11 is 0. The van der Waals surface area contributed by atoms with E-state index in [4.69, 9.17) is 0 Å². The number of carbonyl (C=O) groups excluding carboxylic acids is 2. The SMILES string of the molecule is C=CC(=O)N1CCC(C(=O)NCc2ccc(C)cc2C)(c2ccccc2)CC1. The zero-order valence-electron chi connectivity index (χ0n) is 16.7. The molecule has 0 aliphatic carbocycles. The highest BCUT2D eigenvalue weighted by Gasteiger charge is 2.43. The molecule has 0 bridgehead atoms. The zero-order valence-corrected chi connectivity index (χ0v) is 16.7. The second-order valence-corrected chi connectivity index (χ2v) is 7.59. The first kappa shape index (κ1) is 19.9. The summed E-state index contributed by atoms with van der Waals surface area (Å²) in [6.45, 7) is 9.32. The molecule has 146 valence electrons. The lowest BCUT2D eigenvalue weighted by atomic mass is 9.72. The van der Waals surface area contributed by atoms with Gasteiger partial charge in [-0.2, -0.15) is 0 Å². The van der Waals surface area contributed by atoms with E-state index in [1.165, 1.54) is 17.2 Å². The fraction of sp³-hybridized carbons (Fsp3) is 0.333. The van der Waals surface area contributed by atoms with E-state index in [-0.39, 0.29) is 11.8 Å². The monoisotopic (exact) mass is 376 g/mol. The molecule has 1 fully saturated rings. The van der Waals surface area contributed by atoms with Crippen LogP contribution in [0, 0.1) is 13.8 Å². The molecule has 0 radical (unpaired) electrons. The summed E-state index contributed by atoms with van der Waals surface area (Å²) in [6.07, 6.45) is 2.56. The van der Waals surface area contributed by atoms with Crippen molar-refractivity contribution in [2.24, 2.45) is 0 Å². The number of piperidine rings is 1. The van der Waals surface area contributed by atoms with Crippen molar-refractivity contribution in [1.29, 1.82) is 0 Å². The van der Waals surface area contributed by atoms with E-state index in [2.05, 4.69) is 43.9 Å². The summed E-state index contributed by atoms with van der Waals surface area (Å²) in [7, 11) is 0. The zero-order chi connectivity index (χ0) is 20.1. The molecule has 4 heteroatoms. The van der Waals surface area contributed by atoms with Gasteiger partial charge in [0.2, 0.25) is 11.8 Å². The minimum absolute atomic E-state index is 0.0318. The predicted octanol–water partition coefficient (Wildman–Crippen LogP) is 3.67. The Morgan fingerprint density at radius 3 is 2.39 bits per heavy atom. The van der Waals surface area contributed by atoms with Gasteiger partial charge in [-0.1, -0.05) is 60.7 Å². The van der Waals surface area contributed by atoms with E-state index >= 15 is 0 Å². The molecule has 1 heterocycles. The Bertz CT molecular complexity index is 865. The number of hydrogen-bond acceptors (Lipinski definition) is 2. The molecule has 1 N–H and O–H groups in total. The van der Waals surface area contributed by atoms with E-state index in [0.717, 1.165) is 11.1 Å². The van der Waals surface area contributed by atoms with Crippen molar-refractivity contribution < 1.29 is 9.59 Å². The summed E-state index contributed by atoms with van der Waals surface area (Å²) in [5, 5.41) is 3.16. The number of nitrogens with zero attached hydrogens (tertiary/aromatic N) is 1. The summed E-state index contributed by atoms with van der Waals surface area (Å²) in [6, 6.07) is 16.2. The molecule has 0 atom stereocenters. The second-order valence-electron chi connectivity index (χ2n) is 7.59. The Morgan fingerprint density at radius 1 is 1.11 bits per heavy atom. The largest absolute Gasteiger partial charge is 0.351 e. The lowest BCUT2D eigenvalue weighted by Gasteiger charge is -2.40. The van der Waals surface area contributed by atoms with Gasteiger partial charge in [0.15, 0.2) is 0 Å². The van der Waals surface area contributed by atoms with Crippen LogP contribution in [0.15, 0.2) is 61.2 Å². The maximum atomic E-state index is 13.4. The van der Waals surface area contributed by atoms with Crippen LogP contribution in [0.2, 0.25) is 0 Å². The highest BCUT2D eigenvalue weighted by Crippen LogP contribution is 2.36. The van der Waals surface area contributed by atoms with Crippen molar-refractivity contribution in [3.63, 3.8) is 0 Å². The van der Waals surface area contributed by atoms with Crippen LogP contribution in [0.4, 0.5) is 0 Å². The van der Waals surface area contributed by atoms with Gasteiger partial charge in [0.1, 0.15) is 0 Å². The molecule has 2 aromatic rings. The van der Waals surface area contributed by atoms with Crippen LogP contribution in [-0.4, -0.2) is 29.8 Å². The number of carbonyl (C=O) groups is 2. The van der Waals surface area contributed by atoms with Gasteiger partial charge in [0, 0.05) is 19.6 Å². The maximum Gasteiger partial charge on any atom is 0.245 e. The summed E-state index contributed by atoms with van der Waals surface area (Å²) in [4.78, 5) is 27.1. The van der Waals surface area contributed by atoms with Gasteiger partial charge < -0.3 is 10.2 Å². The van der Waals surface area contributed by atoms with Gasteiger partial charge >= 0.3 is 0 Å². The standard InChI is InChI=1S/C24H28N2O2/c1-4-22(27)26-14-12-24(13-15-26,21-8-6-5-7-9-21)23(28)25-17-20-11-10-18(2)16-19(20)3/h4-11,16H,1,12-15,17H2,2-3H3,(H,25,28). The Morgan fingerprint density at radius 2 is 1.79 bits per heavy atom. The molecular weight excluding hydrogens is 348 g/mol. The van der Waals surface area contributed by atoms with Crippen LogP contribution in [0.3, 0.4) is 0 Å². The molecule has 1 aliphatic rings. The summed E-state index contributed by atoms with van der Waals surface area (Å²) in [5.74, 6) is -0.0401. The number of aryl methyl sites for hydroxylation is 2. The first-order valence-electron chi connectivity index (χ1n) is 9.77. The molecule has 1 aliphatic heterocycles. The Hall–Kier alpha value is -2.88. The van der Waals surface area contributed by atoms with Crippen molar-refractivity contribution in [2.45, 2.75) is 38.6 Å². The number of likely N-dealkylation sites (tertiary alicyclic amines) is 1. The van der Waals surface area contributed by atoms with Gasteiger partial charge in [-0.25, -0.2) is 0 Å². The van der Waals surface area contributed by atoms with Crippen molar-refractivity contribution in [2.75, 3.05) is 13.1 Å². The molecule has 1 saturated heterocycles. The fourth-order valence-electron chi connectivity index (χ4n) is 4.03. The highest BCUT2D eigenvalue weighted by molar-refractivity contribution is 5.90. The molecule has 0 aromatic heterocycles. The van der Waals surface area contributed by atoms with Crippen LogP contribution in [0.1, 0.15) is 35.1 Å². The lowest BCUT2D eigenvalue weighted by Crippen LogP contribution is -2.52. The minimum atomic E-state index is -0.613. The first-order valence-corrected chi connectivity index (χ1v) is 9.77. The molecule has 2 amide bonds. The van der Waals surface area contributed by atoms with Gasteiger partial charge in [0.05, 0.1) is 5.41 Å². The predicted molar refractivity (Wildman–Crippen MR) is 112 cm³/mol. The lowest BCUT2D eigenvalue weighted by molar-refractivity contribution is -0.134. The molecule has 28 heavy (non-hydrogen) atoms. The summed E-state index contributed by atoms with van der Waals surface area (Å²) < 4.78 is 0. The first-order chi connectivity index (χ1) is 13.5. The molecule has 0 unspecified atom stereocenters. The number of amides is 2. The van der Waals surface area contributed by atoms with E-state index in [1.807, 2.05) is 30.3 Å². The van der Waals surface area contributed by atoms with Gasteiger partial charge in [0.25, 0.3) is 0 Å². The molecule has 3 rings (SSSR count). The smallest absolute Gasteiger partial charge is 0.245 e. The Balaban J connectivity index is 1.80. The number of nitrogens with one attached hydrogen (secondary N) is 1. The topological polar surface area (TPSA) is 49.4 Å². The molecule has 2 aromatic carbocycles. The third-order valence-corrected chi connectivity index (χ3v) is 5.80. The molecule has 0 saturated carbocycles. The third kappa shape index (κ3) is 4.01. The average Bonchev–Trinajstić information content (AvgIpc) is 2.73. The van der Waals surface area contributed by atoms with Gasteiger partial charge in [-0.05, 0) is 49.5 Å². The molecular formula is C24H28N2O2. The van der Waals surface area contributed by atoms with Crippen LogP contribution >= 0.6 is 0 Å². The molecule has 4 nitrogen and oxygen atoms in total. The van der Waals surface area contributed by atoms with Crippen LogP contribution < -0.4 is 5.32 Å². The summed E-state index contributed by atoms with van der Waals surface area (Å²) in [5.41, 5.74) is 3.92. The molecule has 0 spiro atoms. The minimum Gasteiger partial charge on any atom is -0.351 e. The van der Waals surface area contributed by atoms with Gasteiger partial charge in [-0.3, -0.25) is 9.59 Å². The van der Waals surface area contributed by atoms with Crippen molar-refractivity contribution in [1.82, 2.24) is 10.2 Å². The van der Waals surface area contributed by atoms with Crippen LogP contribution in [-0.2, 0) is 21.5 Å². The van der Waals surface area contributed by atoms with E-state index in [1.54, 1.807) is 4.90 Å². The van der Waals surface area contributed by atoms with Crippen LogP contribution in [0.25, 0.3) is 0 Å². The fourth-order valence-corrected chi connectivity index (χ4v) is 4.03. The van der Waals surface area contributed by atoms with Crippen molar-refractivity contribution in [3.8, 4) is 0 Å². The average molecular weight is 377 g/mol. The van der Waals surface area contributed by atoms with E-state index in [0.29, 0.717) is 32.5 Å². The number of hydrogen-bond donors (Lipinski definition) is 1. The highest BCUT2D eigenvalue weighted by atomic mass is 16.2. The quantitative estimate of drug-likeness (QED) is 0.810. The van der Waals surface area contributed by atoms with E-state index < -0.39 is 5.41 Å². The van der Waals surface area contributed by atoms with Crippen molar-refractivity contribution in [3.05, 3.63) is 83.4 Å². The Kier molecular flexibility index (Phi) is 5.98. The van der Waals surface area contributed by atoms with Gasteiger partial charge in [-0.15, -0.1) is 0 Å². The number of rotatable bonds is 5.